The number of carbonyl (C=O) groups is 1. The molecule has 2 rings (SSSR count). The van der Waals surface area contributed by atoms with Crippen LogP contribution in [-0.4, -0.2) is 11.2 Å². The Morgan fingerprint density at radius 2 is 1.88 bits per heavy atom. The standard InChI is InChI=1S/C13H13NO3/c1-9-8-12(10(2)17-9)14(13(15)16)11-6-4-3-5-7-11/h3-8H,1-2H3,(H,15,16). The van der Waals surface area contributed by atoms with E-state index in [0.29, 0.717) is 22.9 Å². The van der Waals surface area contributed by atoms with Crippen LogP contribution in [0.25, 0.3) is 0 Å². The van der Waals surface area contributed by atoms with Crippen LogP contribution < -0.4 is 4.90 Å². The first-order chi connectivity index (χ1) is 8.09. The van der Waals surface area contributed by atoms with Crippen molar-refractivity contribution in [3.63, 3.8) is 0 Å². The first kappa shape index (κ1) is 11.3. The zero-order chi connectivity index (χ0) is 12.4. The van der Waals surface area contributed by atoms with Gasteiger partial charge < -0.3 is 9.52 Å². The summed E-state index contributed by atoms with van der Waals surface area (Å²) >= 11 is 0. The van der Waals surface area contributed by atoms with Crippen LogP contribution in [0.3, 0.4) is 0 Å². The summed E-state index contributed by atoms with van der Waals surface area (Å²) in [7, 11) is 0. The Morgan fingerprint density at radius 1 is 1.24 bits per heavy atom. The number of hydrogen-bond donors (Lipinski definition) is 1. The second-order valence-electron chi connectivity index (χ2n) is 3.75. The lowest BCUT2D eigenvalue weighted by atomic mass is 10.2. The first-order valence-corrected chi connectivity index (χ1v) is 5.24. The van der Waals surface area contributed by atoms with Crippen molar-refractivity contribution in [2.75, 3.05) is 4.90 Å². The van der Waals surface area contributed by atoms with Gasteiger partial charge in [0.15, 0.2) is 0 Å². The highest BCUT2D eigenvalue weighted by Gasteiger charge is 2.21. The maximum Gasteiger partial charge on any atom is 0.416 e. The predicted octanol–water partition coefficient (Wildman–Crippen LogP) is 3.71. The average Bonchev–Trinajstić information content (AvgIpc) is 2.59. The van der Waals surface area contributed by atoms with Gasteiger partial charge in [0.05, 0.1) is 11.4 Å². The molecule has 88 valence electrons. The number of rotatable bonds is 2. The van der Waals surface area contributed by atoms with Crippen LogP contribution in [0.4, 0.5) is 16.2 Å². The molecule has 1 aromatic carbocycles. The molecule has 4 nitrogen and oxygen atoms in total. The molecule has 1 aromatic heterocycles. The van der Waals surface area contributed by atoms with Crippen molar-refractivity contribution in [3.05, 3.63) is 47.9 Å². The number of carboxylic acid groups (broad SMARTS) is 1. The van der Waals surface area contributed by atoms with Gasteiger partial charge in [-0.1, -0.05) is 18.2 Å². The van der Waals surface area contributed by atoms with E-state index in [0.717, 1.165) is 0 Å². The molecule has 0 atom stereocenters. The van der Waals surface area contributed by atoms with E-state index in [9.17, 15) is 9.90 Å². The third kappa shape index (κ3) is 2.15. The van der Waals surface area contributed by atoms with Gasteiger partial charge >= 0.3 is 6.09 Å². The molecular weight excluding hydrogens is 218 g/mol. The lowest BCUT2D eigenvalue weighted by Crippen LogP contribution is -2.23. The third-order valence-electron chi connectivity index (χ3n) is 2.46. The van der Waals surface area contributed by atoms with E-state index in [1.807, 2.05) is 6.07 Å². The fraction of sp³-hybridized carbons (Fsp3) is 0.154. The van der Waals surface area contributed by atoms with Gasteiger partial charge in [0.1, 0.15) is 11.5 Å². The van der Waals surface area contributed by atoms with Crippen molar-refractivity contribution < 1.29 is 14.3 Å². The Kier molecular flexibility index (Phi) is 2.87. The van der Waals surface area contributed by atoms with Crippen LogP contribution in [0, 0.1) is 13.8 Å². The summed E-state index contributed by atoms with van der Waals surface area (Å²) in [6.45, 7) is 3.54. The highest BCUT2D eigenvalue weighted by Crippen LogP contribution is 2.30. The molecule has 0 bridgehead atoms. The zero-order valence-electron chi connectivity index (χ0n) is 9.68. The summed E-state index contributed by atoms with van der Waals surface area (Å²) in [5.74, 6) is 1.29. The highest BCUT2D eigenvalue weighted by atomic mass is 16.4. The number of benzene rings is 1. The largest absolute Gasteiger partial charge is 0.464 e. The second kappa shape index (κ2) is 4.33. The van der Waals surface area contributed by atoms with Crippen molar-refractivity contribution >= 4 is 17.5 Å². The van der Waals surface area contributed by atoms with Crippen LogP contribution in [0.5, 0.6) is 0 Å². The van der Waals surface area contributed by atoms with E-state index >= 15 is 0 Å². The van der Waals surface area contributed by atoms with E-state index in [1.54, 1.807) is 44.2 Å². The Morgan fingerprint density at radius 3 is 2.35 bits per heavy atom. The molecule has 0 saturated heterocycles. The summed E-state index contributed by atoms with van der Waals surface area (Å²) in [4.78, 5) is 12.6. The van der Waals surface area contributed by atoms with Gasteiger partial charge in [0.2, 0.25) is 0 Å². The zero-order valence-corrected chi connectivity index (χ0v) is 9.68. The molecule has 0 unspecified atom stereocenters. The third-order valence-corrected chi connectivity index (χ3v) is 2.46. The van der Waals surface area contributed by atoms with E-state index < -0.39 is 6.09 Å². The number of nitrogens with zero attached hydrogens (tertiary/aromatic N) is 1. The van der Waals surface area contributed by atoms with E-state index in [-0.39, 0.29) is 0 Å². The summed E-state index contributed by atoms with van der Waals surface area (Å²) in [5, 5.41) is 9.30. The van der Waals surface area contributed by atoms with Crippen LogP contribution in [0.15, 0.2) is 40.8 Å². The molecule has 0 spiro atoms. The molecule has 0 aliphatic carbocycles. The average molecular weight is 231 g/mol. The lowest BCUT2D eigenvalue weighted by Gasteiger charge is -2.17. The number of hydrogen-bond acceptors (Lipinski definition) is 2. The van der Waals surface area contributed by atoms with Crippen molar-refractivity contribution in [3.8, 4) is 0 Å². The molecule has 0 saturated carbocycles. The molecule has 1 N–H and O–H groups in total. The number of furan rings is 1. The fourth-order valence-electron chi connectivity index (χ4n) is 1.77. The van der Waals surface area contributed by atoms with Crippen molar-refractivity contribution in [2.45, 2.75) is 13.8 Å². The summed E-state index contributed by atoms with van der Waals surface area (Å²) < 4.78 is 5.36. The molecule has 4 heteroatoms. The van der Waals surface area contributed by atoms with Crippen LogP contribution in [0.1, 0.15) is 11.5 Å². The Labute approximate surface area is 99.1 Å². The SMILES string of the molecule is Cc1cc(N(C(=O)O)c2ccccc2)c(C)o1. The first-order valence-electron chi connectivity index (χ1n) is 5.24. The van der Waals surface area contributed by atoms with Gasteiger partial charge in [0, 0.05) is 6.07 Å². The van der Waals surface area contributed by atoms with E-state index in [1.165, 1.54) is 4.90 Å². The van der Waals surface area contributed by atoms with Crippen LogP contribution in [-0.2, 0) is 0 Å². The monoisotopic (exact) mass is 231 g/mol. The molecule has 2 aromatic rings. The van der Waals surface area contributed by atoms with Gasteiger partial charge in [-0.3, -0.25) is 0 Å². The molecule has 17 heavy (non-hydrogen) atoms. The normalized spacial score (nSPS) is 10.2. The summed E-state index contributed by atoms with van der Waals surface area (Å²) in [6.07, 6.45) is -1.03. The number of anilines is 2. The van der Waals surface area contributed by atoms with E-state index in [4.69, 9.17) is 4.42 Å². The van der Waals surface area contributed by atoms with Crippen molar-refractivity contribution in [1.29, 1.82) is 0 Å². The van der Waals surface area contributed by atoms with Crippen molar-refractivity contribution in [2.24, 2.45) is 0 Å². The quantitative estimate of drug-likeness (QED) is 0.857. The number of para-hydroxylation sites is 1. The highest BCUT2D eigenvalue weighted by molar-refractivity contribution is 5.95. The minimum Gasteiger partial charge on any atom is -0.464 e. The number of amides is 1. The maximum absolute atomic E-state index is 11.3. The van der Waals surface area contributed by atoms with Gasteiger partial charge in [-0.2, -0.15) is 0 Å². The van der Waals surface area contributed by atoms with Gasteiger partial charge in [-0.05, 0) is 26.0 Å². The molecule has 1 heterocycles. The minimum atomic E-state index is -1.03. The summed E-state index contributed by atoms with van der Waals surface area (Å²) in [5.41, 5.74) is 1.16. The minimum absolute atomic E-state index is 0.557. The molecule has 0 aliphatic rings. The molecule has 0 fully saturated rings. The smallest absolute Gasteiger partial charge is 0.416 e. The molecule has 1 amide bonds. The Bertz CT molecular complexity index is 531. The number of aryl methyl sites for hydroxylation is 2. The Balaban J connectivity index is 2.50. The van der Waals surface area contributed by atoms with Crippen LogP contribution in [0.2, 0.25) is 0 Å². The van der Waals surface area contributed by atoms with Gasteiger partial charge in [-0.15, -0.1) is 0 Å². The van der Waals surface area contributed by atoms with E-state index in [2.05, 4.69) is 0 Å². The summed E-state index contributed by atoms with van der Waals surface area (Å²) in [6, 6.07) is 10.7. The van der Waals surface area contributed by atoms with Crippen molar-refractivity contribution in [1.82, 2.24) is 0 Å². The molecule has 0 radical (unpaired) electrons. The topological polar surface area (TPSA) is 53.7 Å². The second-order valence-corrected chi connectivity index (χ2v) is 3.75. The fourth-order valence-corrected chi connectivity index (χ4v) is 1.77. The lowest BCUT2D eigenvalue weighted by molar-refractivity contribution is 0.204. The maximum atomic E-state index is 11.3. The van der Waals surface area contributed by atoms with Gasteiger partial charge in [-0.25, -0.2) is 9.69 Å². The van der Waals surface area contributed by atoms with Gasteiger partial charge in [0.25, 0.3) is 0 Å². The predicted molar refractivity (Wildman–Crippen MR) is 64.8 cm³/mol. The molecular formula is C13H13NO3. The molecule has 0 aliphatic heterocycles. The van der Waals surface area contributed by atoms with Crippen LogP contribution >= 0.6 is 0 Å². The Hall–Kier alpha value is -2.23.